The molecule has 0 aliphatic heterocycles. The summed E-state index contributed by atoms with van der Waals surface area (Å²) in [7, 11) is 4.11. The van der Waals surface area contributed by atoms with Crippen LogP contribution in [-0.2, 0) is 6.54 Å². The normalized spacial score (nSPS) is 12.3. The van der Waals surface area contributed by atoms with Crippen LogP contribution >= 0.6 is 11.3 Å². The van der Waals surface area contributed by atoms with E-state index in [1.165, 1.54) is 5.69 Å². The molecule has 0 amide bonds. The summed E-state index contributed by atoms with van der Waals surface area (Å²) in [5.41, 5.74) is 1.35. The maximum Gasteiger partial charge on any atom is 0.195 e. The van der Waals surface area contributed by atoms with Crippen molar-refractivity contribution in [3.63, 3.8) is 0 Å². The Kier molecular flexibility index (Phi) is 3.64. The van der Waals surface area contributed by atoms with Crippen LogP contribution in [0.1, 0.15) is 32.9 Å². The van der Waals surface area contributed by atoms with Gasteiger partial charge in [-0.3, -0.25) is 4.40 Å². The van der Waals surface area contributed by atoms with E-state index in [9.17, 15) is 0 Å². The van der Waals surface area contributed by atoms with Crippen LogP contribution in [0.15, 0.2) is 11.6 Å². The van der Waals surface area contributed by atoms with Gasteiger partial charge in [-0.25, -0.2) is 4.98 Å². The van der Waals surface area contributed by atoms with Crippen LogP contribution in [-0.4, -0.2) is 29.0 Å². The van der Waals surface area contributed by atoms with Crippen molar-refractivity contribution in [2.24, 2.45) is 0 Å². The minimum absolute atomic E-state index is 0.118. The fourth-order valence-electron chi connectivity index (χ4n) is 1.95. The molecule has 0 radical (unpaired) electrons. The van der Waals surface area contributed by atoms with Gasteiger partial charge in [0.15, 0.2) is 10.8 Å². The minimum Gasteiger partial charge on any atom is -0.353 e. The number of rotatable bonds is 5. The predicted octanol–water partition coefficient (Wildman–Crippen LogP) is 2.74. The maximum absolute atomic E-state index is 4.77. The van der Waals surface area contributed by atoms with E-state index in [1.807, 2.05) is 7.05 Å². The van der Waals surface area contributed by atoms with Gasteiger partial charge in [-0.1, -0.05) is 6.92 Å². The Balaban J connectivity index is 2.49. The van der Waals surface area contributed by atoms with Gasteiger partial charge in [0.25, 0.3) is 0 Å². The van der Waals surface area contributed by atoms with E-state index in [4.69, 9.17) is 4.98 Å². The molecule has 0 saturated heterocycles. The highest BCUT2D eigenvalue weighted by Gasteiger charge is 2.26. The Morgan fingerprint density at radius 3 is 2.83 bits per heavy atom. The predicted molar refractivity (Wildman–Crippen MR) is 78.6 cm³/mol. The first-order chi connectivity index (χ1) is 8.51. The molecule has 2 aromatic rings. The summed E-state index contributed by atoms with van der Waals surface area (Å²) >= 11 is 1.68. The fourth-order valence-corrected chi connectivity index (χ4v) is 2.67. The van der Waals surface area contributed by atoms with Crippen LogP contribution in [0.25, 0.3) is 4.96 Å². The highest BCUT2D eigenvalue weighted by Crippen LogP contribution is 2.29. The lowest BCUT2D eigenvalue weighted by atomic mass is 10.00. The third-order valence-electron chi connectivity index (χ3n) is 3.78. The van der Waals surface area contributed by atoms with Crippen molar-refractivity contribution >= 4 is 22.1 Å². The zero-order valence-electron chi connectivity index (χ0n) is 11.8. The van der Waals surface area contributed by atoms with Crippen molar-refractivity contribution in [3.05, 3.63) is 17.3 Å². The molecule has 2 rings (SSSR count). The first kappa shape index (κ1) is 13.4. The number of thiazole rings is 1. The average molecular weight is 266 g/mol. The molecule has 2 aromatic heterocycles. The molecule has 5 heteroatoms. The quantitative estimate of drug-likeness (QED) is 0.903. The van der Waals surface area contributed by atoms with Crippen molar-refractivity contribution in [3.8, 4) is 0 Å². The second kappa shape index (κ2) is 4.90. The van der Waals surface area contributed by atoms with Crippen LogP contribution < -0.4 is 10.2 Å². The Hall–Kier alpha value is -1.07. The number of fused-ring (bicyclic) bond motifs is 1. The summed E-state index contributed by atoms with van der Waals surface area (Å²) in [6, 6.07) is 0. The van der Waals surface area contributed by atoms with Crippen molar-refractivity contribution in [2.45, 2.75) is 39.3 Å². The van der Waals surface area contributed by atoms with Gasteiger partial charge in [-0.2, -0.15) is 0 Å². The Morgan fingerprint density at radius 2 is 2.22 bits per heavy atom. The summed E-state index contributed by atoms with van der Waals surface area (Å²) in [6.45, 7) is 7.55. The van der Waals surface area contributed by atoms with Gasteiger partial charge in [0.2, 0.25) is 0 Å². The van der Waals surface area contributed by atoms with E-state index in [0.717, 1.165) is 23.7 Å². The van der Waals surface area contributed by atoms with Gasteiger partial charge in [0.1, 0.15) is 0 Å². The molecular weight excluding hydrogens is 244 g/mol. The molecule has 0 fully saturated rings. The Labute approximate surface area is 113 Å². The number of nitrogens with one attached hydrogen (secondary N) is 1. The Bertz CT molecular complexity index is 526. The molecule has 18 heavy (non-hydrogen) atoms. The Morgan fingerprint density at radius 1 is 1.50 bits per heavy atom. The summed E-state index contributed by atoms with van der Waals surface area (Å²) in [5, 5.41) is 5.31. The second-order valence-electron chi connectivity index (χ2n) is 5.19. The van der Waals surface area contributed by atoms with E-state index in [2.05, 4.69) is 54.0 Å². The molecular formula is C13H22N4S. The van der Waals surface area contributed by atoms with Gasteiger partial charge < -0.3 is 10.2 Å². The number of hydrogen-bond acceptors (Lipinski definition) is 4. The summed E-state index contributed by atoms with van der Waals surface area (Å²) in [5.74, 6) is 1.09. The van der Waals surface area contributed by atoms with E-state index >= 15 is 0 Å². The second-order valence-corrected chi connectivity index (χ2v) is 6.07. The molecule has 0 spiro atoms. The minimum atomic E-state index is 0.118. The smallest absolute Gasteiger partial charge is 0.195 e. The largest absolute Gasteiger partial charge is 0.353 e. The number of hydrogen-bond donors (Lipinski definition) is 1. The molecule has 0 aromatic carbocycles. The van der Waals surface area contributed by atoms with Crippen molar-refractivity contribution in [2.75, 3.05) is 19.0 Å². The SMILES string of the molecule is CCC(C)(C)N(C)c1nc2sccn2c1CNC. The van der Waals surface area contributed by atoms with Gasteiger partial charge in [0, 0.05) is 30.7 Å². The van der Waals surface area contributed by atoms with E-state index in [1.54, 1.807) is 11.3 Å². The average Bonchev–Trinajstić information content (AvgIpc) is 2.91. The molecule has 0 saturated carbocycles. The van der Waals surface area contributed by atoms with Crippen LogP contribution in [0, 0.1) is 0 Å². The molecule has 0 unspecified atom stereocenters. The lowest BCUT2D eigenvalue weighted by Gasteiger charge is -2.35. The van der Waals surface area contributed by atoms with Crippen molar-refractivity contribution < 1.29 is 0 Å². The number of aromatic nitrogens is 2. The van der Waals surface area contributed by atoms with Gasteiger partial charge in [-0.05, 0) is 27.3 Å². The van der Waals surface area contributed by atoms with Crippen molar-refractivity contribution in [1.29, 1.82) is 0 Å². The van der Waals surface area contributed by atoms with Gasteiger partial charge >= 0.3 is 0 Å². The molecule has 1 N–H and O–H groups in total. The van der Waals surface area contributed by atoms with Crippen LogP contribution in [0.3, 0.4) is 0 Å². The van der Waals surface area contributed by atoms with E-state index in [-0.39, 0.29) is 5.54 Å². The summed E-state index contributed by atoms with van der Waals surface area (Å²) in [6.07, 6.45) is 3.18. The van der Waals surface area contributed by atoms with Crippen LogP contribution in [0.2, 0.25) is 0 Å². The zero-order valence-corrected chi connectivity index (χ0v) is 12.6. The maximum atomic E-state index is 4.77. The molecule has 0 bridgehead atoms. The lowest BCUT2D eigenvalue weighted by Crippen LogP contribution is -2.41. The third-order valence-corrected chi connectivity index (χ3v) is 4.53. The van der Waals surface area contributed by atoms with Crippen molar-refractivity contribution in [1.82, 2.24) is 14.7 Å². The summed E-state index contributed by atoms with van der Waals surface area (Å²) in [4.78, 5) is 8.13. The monoisotopic (exact) mass is 266 g/mol. The standard InChI is InChI=1S/C13H22N4S/c1-6-13(2,3)16(5)11-10(9-14-4)17-7-8-18-12(17)15-11/h7-8,14H,6,9H2,1-5H3. The third kappa shape index (κ3) is 2.12. The number of nitrogens with zero attached hydrogens (tertiary/aromatic N) is 3. The zero-order chi connectivity index (χ0) is 13.3. The number of anilines is 1. The molecule has 0 aliphatic carbocycles. The topological polar surface area (TPSA) is 32.6 Å². The fraction of sp³-hybridized carbons (Fsp3) is 0.615. The molecule has 100 valence electrons. The first-order valence-electron chi connectivity index (χ1n) is 6.34. The molecule has 4 nitrogen and oxygen atoms in total. The molecule has 0 aliphatic rings. The lowest BCUT2D eigenvalue weighted by molar-refractivity contribution is 0.466. The first-order valence-corrected chi connectivity index (χ1v) is 7.22. The van der Waals surface area contributed by atoms with E-state index < -0.39 is 0 Å². The highest BCUT2D eigenvalue weighted by molar-refractivity contribution is 7.15. The molecule has 2 heterocycles. The highest BCUT2D eigenvalue weighted by atomic mass is 32.1. The van der Waals surface area contributed by atoms with Crippen LogP contribution in [0.5, 0.6) is 0 Å². The van der Waals surface area contributed by atoms with Crippen LogP contribution in [0.4, 0.5) is 5.82 Å². The summed E-state index contributed by atoms with van der Waals surface area (Å²) < 4.78 is 2.18. The van der Waals surface area contributed by atoms with Gasteiger partial charge in [0.05, 0.1) is 5.69 Å². The van der Waals surface area contributed by atoms with E-state index in [0.29, 0.717) is 0 Å². The molecule has 0 atom stereocenters. The number of imidazole rings is 1. The van der Waals surface area contributed by atoms with Gasteiger partial charge in [-0.15, -0.1) is 11.3 Å².